The number of Topliss-reactive ketones (excluding diaryl/α,β-unsaturated/α-hetero) is 2. The summed E-state index contributed by atoms with van der Waals surface area (Å²) in [5.41, 5.74) is 1.23. The number of carbonyl (C=O) groups excluding carboxylic acids is 2. The predicted molar refractivity (Wildman–Crippen MR) is 73.4 cm³/mol. The first-order valence-electron chi connectivity index (χ1n) is 5.87. The van der Waals surface area contributed by atoms with Crippen LogP contribution in [0.5, 0.6) is 0 Å². The van der Waals surface area contributed by atoms with Gasteiger partial charge in [0.2, 0.25) is 0 Å². The number of aliphatic hydroxyl groups excluding tert-OH is 2. The number of hydrogen-bond donors (Lipinski definition) is 2. The zero-order valence-electron chi connectivity index (χ0n) is 10.4. The Labute approximate surface area is 115 Å². The normalized spacial score (nSPS) is 16.6. The molecule has 1 aliphatic carbocycles. The van der Waals surface area contributed by atoms with Gasteiger partial charge in [0.1, 0.15) is 0 Å². The van der Waals surface area contributed by atoms with Crippen molar-refractivity contribution in [1.82, 2.24) is 0 Å². The summed E-state index contributed by atoms with van der Waals surface area (Å²) >= 11 is 1.11. The van der Waals surface area contributed by atoms with Crippen LogP contribution in [0.3, 0.4) is 0 Å². The Kier molecular flexibility index (Phi) is 4.19. The summed E-state index contributed by atoms with van der Waals surface area (Å²) in [5, 5.41) is 18.1. The van der Waals surface area contributed by atoms with Crippen molar-refractivity contribution in [3.63, 3.8) is 0 Å². The number of benzene rings is 1. The lowest BCUT2D eigenvalue weighted by molar-refractivity contribution is 0.0981. The summed E-state index contributed by atoms with van der Waals surface area (Å²) in [6, 6.07) is 6.72. The number of ketones is 2. The van der Waals surface area contributed by atoms with Crippen molar-refractivity contribution in [3.8, 4) is 0 Å². The molecule has 1 aromatic carbocycles. The molecular formula is C14H14O4S. The summed E-state index contributed by atoms with van der Waals surface area (Å²) in [4.78, 5) is 24.8. The van der Waals surface area contributed by atoms with Crippen LogP contribution in [0.2, 0.25) is 0 Å². The lowest BCUT2D eigenvalue weighted by atomic mass is 9.90. The quantitative estimate of drug-likeness (QED) is 0.871. The molecule has 1 aliphatic rings. The summed E-state index contributed by atoms with van der Waals surface area (Å²) < 4.78 is 0. The predicted octanol–water partition coefficient (Wildman–Crippen LogP) is 1.43. The van der Waals surface area contributed by atoms with Crippen LogP contribution in [-0.4, -0.2) is 40.2 Å². The van der Waals surface area contributed by atoms with E-state index in [4.69, 9.17) is 5.11 Å². The van der Waals surface area contributed by atoms with Crippen molar-refractivity contribution in [1.29, 1.82) is 0 Å². The molecule has 1 aromatic rings. The molecule has 2 rings (SSSR count). The van der Waals surface area contributed by atoms with Crippen LogP contribution >= 0.6 is 11.8 Å². The highest BCUT2D eigenvalue weighted by Gasteiger charge is 2.29. The molecule has 0 spiro atoms. The van der Waals surface area contributed by atoms with Gasteiger partial charge in [-0.2, -0.15) is 0 Å². The second-order valence-electron chi connectivity index (χ2n) is 4.31. The van der Waals surface area contributed by atoms with Gasteiger partial charge in [0, 0.05) is 22.5 Å². The zero-order chi connectivity index (χ0) is 14.0. The number of aliphatic hydroxyl groups is 2. The van der Waals surface area contributed by atoms with Gasteiger partial charge >= 0.3 is 0 Å². The van der Waals surface area contributed by atoms with Crippen LogP contribution in [0.15, 0.2) is 34.7 Å². The minimum atomic E-state index is -0.898. The lowest BCUT2D eigenvalue weighted by Crippen LogP contribution is -2.21. The van der Waals surface area contributed by atoms with Gasteiger partial charge in [-0.1, -0.05) is 24.3 Å². The molecule has 0 aliphatic heterocycles. The van der Waals surface area contributed by atoms with Crippen LogP contribution < -0.4 is 0 Å². The van der Waals surface area contributed by atoms with Gasteiger partial charge in [-0.05, 0) is 6.92 Å². The van der Waals surface area contributed by atoms with Crippen molar-refractivity contribution >= 4 is 23.3 Å². The van der Waals surface area contributed by atoms with E-state index < -0.39 is 6.10 Å². The Morgan fingerprint density at radius 2 is 1.74 bits per heavy atom. The maximum atomic E-state index is 12.3. The number of carbonyl (C=O) groups is 2. The van der Waals surface area contributed by atoms with Crippen molar-refractivity contribution in [2.45, 2.75) is 13.0 Å². The highest BCUT2D eigenvalue weighted by Crippen LogP contribution is 2.32. The van der Waals surface area contributed by atoms with Crippen LogP contribution in [0.25, 0.3) is 0 Å². The standard InChI is InChI=1S/C14H14O4S/c1-8-12(17)10-4-2-3-5-11(10)13(18)14(8)19-7-9(16)6-15/h2-5,9,15-16H,6-7H2,1H3. The number of thioether (sulfide) groups is 1. The Bertz CT molecular complexity index is 562. The summed E-state index contributed by atoms with van der Waals surface area (Å²) in [6.45, 7) is 1.25. The minimum Gasteiger partial charge on any atom is -0.394 e. The van der Waals surface area contributed by atoms with E-state index in [0.717, 1.165) is 11.8 Å². The molecule has 0 saturated carbocycles. The van der Waals surface area contributed by atoms with Crippen molar-refractivity contribution in [3.05, 3.63) is 45.9 Å². The van der Waals surface area contributed by atoms with Gasteiger partial charge in [-0.3, -0.25) is 9.59 Å². The van der Waals surface area contributed by atoms with Gasteiger partial charge in [0.25, 0.3) is 0 Å². The Morgan fingerprint density at radius 1 is 1.16 bits per heavy atom. The third-order valence-electron chi connectivity index (χ3n) is 2.93. The van der Waals surface area contributed by atoms with E-state index in [9.17, 15) is 14.7 Å². The smallest absolute Gasteiger partial charge is 0.200 e. The fourth-order valence-electron chi connectivity index (χ4n) is 1.88. The van der Waals surface area contributed by atoms with Gasteiger partial charge in [-0.15, -0.1) is 11.8 Å². The maximum Gasteiger partial charge on any atom is 0.200 e. The second kappa shape index (κ2) is 5.69. The molecule has 2 N–H and O–H groups in total. The van der Waals surface area contributed by atoms with Gasteiger partial charge in [0.15, 0.2) is 11.6 Å². The van der Waals surface area contributed by atoms with E-state index in [-0.39, 0.29) is 23.9 Å². The van der Waals surface area contributed by atoms with E-state index in [1.165, 1.54) is 0 Å². The summed E-state index contributed by atoms with van der Waals surface area (Å²) in [6.07, 6.45) is -0.898. The number of rotatable bonds is 4. The highest BCUT2D eigenvalue weighted by atomic mass is 32.2. The van der Waals surface area contributed by atoms with Gasteiger partial charge in [-0.25, -0.2) is 0 Å². The number of fused-ring (bicyclic) bond motifs is 1. The molecule has 4 nitrogen and oxygen atoms in total. The first-order chi connectivity index (χ1) is 9.06. The van der Waals surface area contributed by atoms with Crippen LogP contribution in [-0.2, 0) is 0 Å². The van der Waals surface area contributed by atoms with E-state index in [2.05, 4.69) is 0 Å². The zero-order valence-corrected chi connectivity index (χ0v) is 11.2. The molecule has 0 amide bonds. The average molecular weight is 278 g/mol. The maximum absolute atomic E-state index is 12.3. The first-order valence-corrected chi connectivity index (χ1v) is 6.85. The van der Waals surface area contributed by atoms with Crippen molar-refractivity contribution in [2.24, 2.45) is 0 Å². The molecule has 100 valence electrons. The van der Waals surface area contributed by atoms with Gasteiger partial charge in [0.05, 0.1) is 17.6 Å². The molecule has 0 fully saturated rings. The molecule has 0 heterocycles. The highest BCUT2D eigenvalue weighted by molar-refractivity contribution is 8.04. The Hall–Kier alpha value is -1.43. The molecule has 1 unspecified atom stereocenters. The monoisotopic (exact) mass is 278 g/mol. The van der Waals surface area contributed by atoms with Crippen LogP contribution in [0.4, 0.5) is 0 Å². The average Bonchev–Trinajstić information content (AvgIpc) is 2.44. The van der Waals surface area contributed by atoms with Crippen molar-refractivity contribution in [2.75, 3.05) is 12.4 Å². The molecule has 0 aromatic heterocycles. The molecule has 0 radical (unpaired) electrons. The third-order valence-corrected chi connectivity index (χ3v) is 4.27. The van der Waals surface area contributed by atoms with Crippen LogP contribution in [0.1, 0.15) is 27.6 Å². The molecular weight excluding hydrogens is 264 g/mol. The van der Waals surface area contributed by atoms with Gasteiger partial charge < -0.3 is 10.2 Å². The fourth-order valence-corrected chi connectivity index (χ4v) is 2.90. The SMILES string of the molecule is CC1=C(SCC(O)CO)C(=O)c2ccccc2C1=O. The van der Waals surface area contributed by atoms with Crippen LogP contribution in [0, 0.1) is 0 Å². The molecule has 0 saturated heterocycles. The minimum absolute atomic E-state index is 0.156. The van der Waals surface area contributed by atoms with E-state index in [0.29, 0.717) is 21.6 Å². The molecule has 19 heavy (non-hydrogen) atoms. The largest absolute Gasteiger partial charge is 0.394 e. The number of allylic oxidation sites excluding steroid dienone is 2. The third kappa shape index (κ3) is 2.63. The van der Waals surface area contributed by atoms with E-state index in [1.807, 2.05) is 0 Å². The summed E-state index contributed by atoms with van der Waals surface area (Å²) in [7, 11) is 0. The van der Waals surface area contributed by atoms with E-state index >= 15 is 0 Å². The second-order valence-corrected chi connectivity index (χ2v) is 5.34. The van der Waals surface area contributed by atoms with Crippen molar-refractivity contribution < 1.29 is 19.8 Å². The molecule has 5 heteroatoms. The number of hydrogen-bond acceptors (Lipinski definition) is 5. The Balaban J connectivity index is 2.32. The lowest BCUT2D eigenvalue weighted by Gasteiger charge is -2.19. The molecule has 1 atom stereocenters. The Morgan fingerprint density at radius 3 is 2.32 bits per heavy atom. The topological polar surface area (TPSA) is 74.6 Å². The fraction of sp³-hybridized carbons (Fsp3) is 0.286. The molecule has 0 bridgehead atoms. The first kappa shape index (κ1) is 14.0. The van der Waals surface area contributed by atoms with E-state index in [1.54, 1.807) is 31.2 Å². The summed E-state index contributed by atoms with van der Waals surface area (Å²) in [5.74, 6) is -0.163.